The average molecular weight is 174 g/mol. The molecule has 1 rings (SSSR count). The minimum absolute atomic E-state index is 0.886. The average Bonchev–Trinajstić information content (AvgIpc) is 2.50. The van der Waals surface area contributed by atoms with E-state index in [9.17, 15) is 0 Å². The zero-order valence-electron chi connectivity index (χ0n) is 7.23. The van der Waals surface area contributed by atoms with Crippen molar-refractivity contribution in [3.8, 4) is 0 Å². The molecule has 0 aromatic rings. The lowest BCUT2D eigenvalue weighted by atomic mass is 10.1. The van der Waals surface area contributed by atoms with Crippen LogP contribution in [0, 0.1) is 5.92 Å². The van der Waals surface area contributed by atoms with Crippen molar-refractivity contribution < 1.29 is 0 Å². The topological polar surface area (TPSA) is 24.1 Å². The van der Waals surface area contributed by atoms with E-state index in [1.54, 1.807) is 0 Å². The zero-order valence-corrected chi connectivity index (χ0v) is 8.04. The van der Waals surface area contributed by atoms with Gasteiger partial charge in [0.1, 0.15) is 0 Å². The maximum Gasteiger partial charge on any atom is 0.00553 e. The monoisotopic (exact) mass is 174 g/mol. The molecule has 1 aliphatic rings. The second kappa shape index (κ2) is 5.86. The van der Waals surface area contributed by atoms with Crippen LogP contribution in [0.2, 0.25) is 0 Å². The van der Waals surface area contributed by atoms with Gasteiger partial charge in [-0.25, -0.2) is 0 Å². The van der Waals surface area contributed by atoms with Crippen LogP contribution in [0.3, 0.4) is 0 Å². The van der Waals surface area contributed by atoms with E-state index in [4.69, 9.17) is 0 Å². The summed E-state index contributed by atoms with van der Waals surface area (Å²) < 4.78 is 0. The first-order valence-electron chi connectivity index (χ1n) is 4.34. The van der Waals surface area contributed by atoms with Gasteiger partial charge in [0.2, 0.25) is 0 Å². The van der Waals surface area contributed by atoms with E-state index >= 15 is 0 Å². The fourth-order valence-electron chi connectivity index (χ4n) is 1.37. The highest BCUT2D eigenvalue weighted by atomic mass is 32.2. The second-order valence-corrected chi connectivity index (χ2v) is 4.04. The molecule has 66 valence electrons. The summed E-state index contributed by atoms with van der Waals surface area (Å²) in [6.45, 7) is 4.80. The van der Waals surface area contributed by atoms with E-state index in [1.165, 1.54) is 31.8 Å². The van der Waals surface area contributed by atoms with Gasteiger partial charge in [-0.15, -0.1) is 0 Å². The van der Waals surface area contributed by atoms with Crippen LogP contribution in [-0.2, 0) is 0 Å². The summed E-state index contributed by atoms with van der Waals surface area (Å²) in [7, 11) is 0. The Morgan fingerprint density at radius 3 is 3.18 bits per heavy atom. The predicted octanol–water partition coefficient (Wildman–Crippen LogP) is 0.548. The number of thioether (sulfide) groups is 1. The van der Waals surface area contributed by atoms with E-state index in [0.29, 0.717) is 0 Å². The molecule has 2 nitrogen and oxygen atoms in total. The summed E-state index contributed by atoms with van der Waals surface area (Å²) in [4.78, 5) is 0. The van der Waals surface area contributed by atoms with E-state index in [1.807, 2.05) is 11.8 Å². The number of nitrogens with one attached hydrogen (secondary N) is 2. The van der Waals surface area contributed by atoms with E-state index in [2.05, 4.69) is 16.9 Å². The maximum absolute atomic E-state index is 3.47. The largest absolute Gasteiger partial charge is 0.316 e. The molecule has 0 bridgehead atoms. The van der Waals surface area contributed by atoms with Crippen LogP contribution >= 0.6 is 11.8 Å². The molecular weight excluding hydrogens is 156 g/mol. The molecule has 1 heterocycles. The van der Waals surface area contributed by atoms with Crippen LogP contribution in [0.25, 0.3) is 0 Å². The number of rotatable bonds is 5. The van der Waals surface area contributed by atoms with E-state index < -0.39 is 0 Å². The van der Waals surface area contributed by atoms with Gasteiger partial charge in [0.25, 0.3) is 0 Å². The van der Waals surface area contributed by atoms with Gasteiger partial charge in [0, 0.05) is 12.3 Å². The summed E-state index contributed by atoms with van der Waals surface area (Å²) in [5.74, 6) is 2.12. The fourth-order valence-corrected chi connectivity index (χ4v) is 1.72. The van der Waals surface area contributed by atoms with Gasteiger partial charge in [-0.05, 0) is 38.2 Å². The molecule has 2 N–H and O–H groups in total. The highest BCUT2D eigenvalue weighted by Crippen LogP contribution is 2.04. The van der Waals surface area contributed by atoms with Gasteiger partial charge >= 0.3 is 0 Å². The molecule has 1 atom stereocenters. The molecule has 0 radical (unpaired) electrons. The highest BCUT2D eigenvalue weighted by Gasteiger charge is 2.12. The molecule has 0 saturated carbocycles. The van der Waals surface area contributed by atoms with Crippen LogP contribution in [-0.4, -0.2) is 38.2 Å². The van der Waals surface area contributed by atoms with Crippen LogP contribution in [0.5, 0.6) is 0 Å². The first kappa shape index (κ1) is 9.36. The number of hydrogen-bond acceptors (Lipinski definition) is 3. The molecule has 0 spiro atoms. The summed E-state index contributed by atoms with van der Waals surface area (Å²) in [5, 5.41) is 6.84. The van der Waals surface area contributed by atoms with Crippen molar-refractivity contribution in [2.24, 2.45) is 5.92 Å². The quantitative estimate of drug-likeness (QED) is 0.595. The molecule has 11 heavy (non-hydrogen) atoms. The van der Waals surface area contributed by atoms with E-state index in [-0.39, 0.29) is 0 Å². The third-order valence-electron chi connectivity index (χ3n) is 2.08. The minimum atomic E-state index is 0.886. The van der Waals surface area contributed by atoms with Gasteiger partial charge in [0.05, 0.1) is 0 Å². The van der Waals surface area contributed by atoms with Gasteiger partial charge in [0.15, 0.2) is 0 Å². The molecule has 0 aliphatic carbocycles. The third kappa shape index (κ3) is 3.99. The fraction of sp³-hybridized carbons (Fsp3) is 1.00. The normalized spacial score (nSPS) is 24.3. The summed E-state index contributed by atoms with van der Waals surface area (Å²) >= 11 is 1.91. The lowest BCUT2D eigenvalue weighted by Gasteiger charge is -2.08. The smallest absolute Gasteiger partial charge is 0.00553 e. The van der Waals surface area contributed by atoms with Gasteiger partial charge in [-0.1, -0.05) is 0 Å². The SMILES string of the molecule is CSCCNCC1CCNC1. The summed E-state index contributed by atoms with van der Waals surface area (Å²) in [6.07, 6.45) is 3.51. The lowest BCUT2D eigenvalue weighted by molar-refractivity contribution is 0.525. The van der Waals surface area contributed by atoms with Gasteiger partial charge in [-0.3, -0.25) is 0 Å². The van der Waals surface area contributed by atoms with Crippen molar-refractivity contribution in [1.29, 1.82) is 0 Å². The Balaban J connectivity index is 1.86. The molecule has 1 aliphatic heterocycles. The van der Waals surface area contributed by atoms with E-state index in [0.717, 1.165) is 12.5 Å². The Labute approximate surface area is 73.5 Å². The highest BCUT2D eigenvalue weighted by molar-refractivity contribution is 7.98. The van der Waals surface area contributed by atoms with Crippen molar-refractivity contribution in [2.45, 2.75) is 6.42 Å². The van der Waals surface area contributed by atoms with Gasteiger partial charge < -0.3 is 10.6 Å². The van der Waals surface area contributed by atoms with Crippen molar-refractivity contribution in [3.05, 3.63) is 0 Å². The molecule has 1 fully saturated rings. The minimum Gasteiger partial charge on any atom is -0.316 e. The predicted molar refractivity (Wildman–Crippen MR) is 52.2 cm³/mol. The molecular formula is C8H18N2S. The molecule has 1 unspecified atom stereocenters. The third-order valence-corrected chi connectivity index (χ3v) is 2.69. The van der Waals surface area contributed by atoms with Crippen molar-refractivity contribution >= 4 is 11.8 Å². The van der Waals surface area contributed by atoms with Crippen molar-refractivity contribution in [2.75, 3.05) is 38.2 Å². The second-order valence-electron chi connectivity index (χ2n) is 3.06. The van der Waals surface area contributed by atoms with Crippen LogP contribution < -0.4 is 10.6 Å². The molecule has 0 aromatic carbocycles. The Kier molecular flexibility index (Phi) is 4.99. The Bertz CT molecular complexity index is 92.1. The molecule has 1 saturated heterocycles. The standard InChI is InChI=1S/C8H18N2S/c1-11-5-4-10-7-8-2-3-9-6-8/h8-10H,2-7H2,1H3. The maximum atomic E-state index is 3.47. The zero-order chi connectivity index (χ0) is 7.94. The van der Waals surface area contributed by atoms with Crippen LogP contribution in [0.1, 0.15) is 6.42 Å². The Hall–Kier alpha value is 0.270. The summed E-state index contributed by atoms with van der Waals surface area (Å²) in [5.41, 5.74) is 0. The first-order valence-corrected chi connectivity index (χ1v) is 5.73. The first-order chi connectivity index (χ1) is 5.43. The molecule has 0 amide bonds. The summed E-state index contributed by atoms with van der Waals surface area (Å²) in [6, 6.07) is 0. The van der Waals surface area contributed by atoms with Crippen LogP contribution in [0.4, 0.5) is 0 Å². The van der Waals surface area contributed by atoms with Crippen molar-refractivity contribution in [3.63, 3.8) is 0 Å². The van der Waals surface area contributed by atoms with Gasteiger partial charge in [-0.2, -0.15) is 11.8 Å². The molecule has 3 heteroatoms. The Morgan fingerprint density at radius 2 is 2.55 bits per heavy atom. The van der Waals surface area contributed by atoms with Crippen LogP contribution in [0.15, 0.2) is 0 Å². The Morgan fingerprint density at radius 1 is 1.64 bits per heavy atom. The number of hydrogen-bond donors (Lipinski definition) is 2. The molecule has 0 aromatic heterocycles. The van der Waals surface area contributed by atoms with Crippen molar-refractivity contribution in [1.82, 2.24) is 10.6 Å². The lowest BCUT2D eigenvalue weighted by Crippen LogP contribution is -2.26.